The molecule has 0 atom stereocenters. The van der Waals surface area contributed by atoms with Crippen molar-refractivity contribution in [2.75, 3.05) is 30.4 Å². The summed E-state index contributed by atoms with van der Waals surface area (Å²) in [4.78, 5) is 11.0. The molecule has 22 heavy (non-hydrogen) atoms. The highest BCUT2D eigenvalue weighted by molar-refractivity contribution is 5.88. The van der Waals surface area contributed by atoms with Gasteiger partial charge in [-0.2, -0.15) is 0 Å². The number of benzene rings is 2. The first-order chi connectivity index (χ1) is 10.6. The molecule has 0 spiro atoms. The largest absolute Gasteiger partial charge is 0.497 e. The summed E-state index contributed by atoms with van der Waals surface area (Å²) in [5, 5.41) is 2.72. The lowest BCUT2D eigenvalue weighted by Crippen LogP contribution is -2.10. The number of carbonyl (C=O) groups excluding carboxylic acids is 1. The van der Waals surface area contributed by atoms with Crippen LogP contribution in [0.1, 0.15) is 6.92 Å². The Morgan fingerprint density at radius 2 is 1.59 bits per heavy atom. The van der Waals surface area contributed by atoms with Crippen molar-refractivity contribution in [3.63, 3.8) is 0 Å². The van der Waals surface area contributed by atoms with Crippen LogP contribution in [0.3, 0.4) is 0 Å². The van der Waals surface area contributed by atoms with E-state index in [2.05, 4.69) is 16.2 Å². The van der Waals surface area contributed by atoms with Gasteiger partial charge in [-0.3, -0.25) is 10.2 Å². The molecule has 0 heterocycles. The second-order valence-corrected chi connectivity index (χ2v) is 4.57. The molecular weight excluding hydrogens is 282 g/mol. The van der Waals surface area contributed by atoms with Crippen LogP contribution in [0.15, 0.2) is 42.5 Å². The van der Waals surface area contributed by atoms with Crippen molar-refractivity contribution in [3.05, 3.63) is 42.5 Å². The first-order valence-electron chi connectivity index (χ1n) is 6.74. The fourth-order valence-corrected chi connectivity index (χ4v) is 1.89. The average Bonchev–Trinajstić information content (AvgIpc) is 2.53. The highest BCUT2D eigenvalue weighted by atomic mass is 16.5. The Bertz CT molecular complexity index is 642. The van der Waals surface area contributed by atoms with Gasteiger partial charge in [0.25, 0.3) is 0 Å². The SMILES string of the molecule is COc1ccc(OC)c(NNc2ccc(NC(C)=O)cc2)c1. The number of methoxy groups -OCH3 is 2. The van der Waals surface area contributed by atoms with E-state index in [4.69, 9.17) is 9.47 Å². The average molecular weight is 301 g/mol. The second-order valence-electron chi connectivity index (χ2n) is 4.57. The van der Waals surface area contributed by atoms with Gasteiger partial charge in [0.1, 0.15) is 11.5 Å². The Balaban J connectivity index is 2.04. The second kappa shape index (κ2) is 7.21. The summed E-state index contributed by atoms with van der Waals surface area (Å²) in [5.74, 6) is 1.33. The summed E-state index contributed by atoms with van der Waals surface area (Å²) in [6.07, 6.45) is 0. The van der Waals surface area contributed by atoms with E-state index in [-0.39, 0.29) is 5.91 Å². The number of hydrogen-bond donors (Lipinski definition) is 3. The minimum Gasteiger partial charge on any atom is -0.497 e. The van der Waals surface area contributed by atoms with E-state index in [0.717, 1.165) is 22.8 Å². The fraction of sp³-hybridized carbons (Fsp3) is 0.188. The quantitative estimate of drug-likeness (QED) is 0.715. The molecule has 0 aliphatic heterocycles. The molecule has 116 valence electrons. The van der Waals surface area contributed by atoms with E-state index < -0.39 is 0 Å². The van der Waals surface area contributed by atoms with E-state index in [9.17, 15) is 4.79 Å². The summed E-state index contributed by atoms with van der Waals surface area (Å²) in [5.41, 5.74) is 8.49. The van der Waals surface area contributed by atoms with Gasteiger partial charge in [-0.05, 0) is 36.4 Å². The van der Waals surface area contributed by atoms with Crippen molar-refractivity contribution < 1.29 is 14.3 Å². The fourth-order valence-electron chi connectivity index (χ4n) is 1.89. The molecule has 0 saturated heterocycles. The molecule has 2 rings (SSSR count). The molecule has 0 aliphatic carbocycles. The van der Waals surface area contributed by atoms with Crippen molar-refractivity contribution >= 4 is 23.0 Å². The first kappa shape index (κ1) is 15.5. The molecule has 0 saturated carbocycles. The lowest BCUT2D eigenvalue weighted by Gasteiger charge is -2.14. The molecule has 0 unspecified atom stereocenters. The van der Waals surface area contributed by atoms with Gasteiger partial charge in [0, 0.05) is 18.7 Å². The number of carbonyl (C=O) groups is 1. The van der Waals surface area contributed by atoms with Gasteiger partial charge in [-0.15, -0.1) is 0 Å². The third-order valence-corrected chi connectivity index (χ3v) is 2.95. The van der Waals surface area contributed by atoms with Crippen LogP contribution in [0.4, 0.5) is 17.1 Å². The number of hydrazine groups is 1. The van der Waals surface area contributed by atoms with Gasteiger partial charge in [-0.1, -0.05) is 0 Å². The van der Waals surface area contributed by atoms with Crippen LogP contribution in [0.2, 0.25) is 0 Å². The maximum atomic E-state index is 11.0. The van der Waals surface area contributed by atoms with E-state index in [1.165, 1.54) is 6.92 Å². The number of anilines is 3. The number of amides is 1. The van der Waals surface area contributed by atoms with Crippen molar-refractivity contribution in [3.8, 4) is 11.5 Å². The minimum atomic E-state index is -0.0973. The topological polar surface area (TPSA) is 71.6 Å². The van der Waals surface area contributed by atoms with Crippen LogP contribution in [0.25, 0.3) is 0 Å². The van der Waals surface area contributed by atoms with Gasteiger partial charge >= 0.3 is 0 Å². The summed E-state index contributed by atoms with van der Waals surface area (Å²) in [6, 6.07) is 12.8. The predicted octanol–water partition coefficient (Wildman–Crippen LogP) is 3.10. The summed E-state index contributed by atoms with van der Waals surface area (Å²) < 4.78 is 10.5. The minimum absolute atomic E-state index is 0.0973. The van der Waals surface area contributed by atoms with Gasteiger partial charge in [0.05, 0.1) is 25.6 Å². The number of nitrogens with one attached hydrogen (secondary N) is 3. The molecular formula is C16H19N3O3. The van der Waals surface area contributed by atoms with Crippen LogP contribution >= 0.6 is 0 Å². The predicted molar refractivity (Wildman–Crippen MR) is 87.5 cm³/mol. The molecule has 0 radical (unpaired) electrons. The van der Waals surface area contributed by atoms with Gasteiger partial charge in [0.2, 0.25) is 5.91 Å². The molecule has 0 aromatic heterocycles. The first-order valence-corrected chi connectivity index (χ1v) is 6.74. The van der Waals surface area contributed by atoms with Crippen molar-refractivity contribution in [1.29, 1.82) is 0 Å². The van der Waals surface area contributed by atoms with Crippen molar-refractivity contribution in [2.24, 2.45) is 0 Å². The van der Waals surface area contributed by atoms with Crippen LogP contribution < -0.4 is 25.6 Å². The summed E-state index contributed by atoms with van der Waals surface area (Å²) in [7, 11) is 3.22. The Morgan fingerprint density at radius 3 is 2.18 bits per heavy atom. The van der Waals surface area contributed by atoms with E-state index in [1.54, 1.807) is 14.2 Å². The molecule has 6 nitrogen and oxygen atoms in total. The molecule has 6 heteroatoms. The van der Waals surface area contributed by atoms with Crippen LogP contribution in [-0.2, 0) is 4.79 Å². The zero-order chi connectivity index (χ0) is 15.9. The van der Waals surface area contributed by atoms with Crippen molar-refractivity contribution in [1.82, 2.24) is 0 Å². The number of ether oxygens (including phenoxy) is 2. The molecule has 0 bridgehead atoms. The van der Waals surface area contributed by atoms with Gasteiger partial charge < -0.3 is 20.2 Å². The number of rotatable bonds is 6. The smallest absolute Gasteiger partial charge is 0.221 e. The number of hydrogen-bond acceptors (Lipinski definition) is 5. The zero-order valence-electron chi connectivity index (χ0n) is 12.8. The third-order valence-electron chi connectivity index (χ3n) is 2.95. The maximum absolute atomic E-state index is 11.0. The van der Waals surface area contributed by atoms with E-state index in [0.29, 0.717) is 5.75 Å². The molecule has 1 amide bonds. The van der Waals surface area contributed by atoms with Crippen molar-refractivity contribution in [2.45, 2.75) is 6.92 Å². The molecule has 2 aromatic rings. The molecule has 3 N–H and O–H groups in total. The van der Waals surface area contributed by atoms with Crippen LogP contribution in [0, 0.1) is 0 Å². The molecule has 2 aromatic carbocycles. The molecule has 0 fully saturated rings. The summed E-state index contributed by atoms with van der Waals surface area (Å²) >= 11 is 0. The Kier molecular flexibility index (Phi) is 5.08. The standard InChI is InChI=1S/C16H19N3O3/c1-11(20)17-12-4-6-13(7-5-12)18-19-15-10-14(21-2)8-9-16(15)22-3/h4-10,18-19H,1-3H3,(H,17,20). The Morgan fingerprint density at radius 1 is 0.909 bits per heavy atom. The zero-order valence-corrected chi connectivity index (χ0v) is 12.8. The van der Waals surface area contributed by atoms with Crippen LogP contribution in [0.5, 0.6) is 11.5 Å². The summed E-state index contributed by atoms with van der Waals surface area (Å²) in [6.45, 7) is 1.47. The monoisotopic (exact) mass is 301 g/mol. The Hall–Kier alpha value is -2.89. The lowest BCUT2D eigenvalue weighted by molar-refractivity contribution is -0.114. The third kappa shape index (κ3) is 4.05. The lowest BCUT2D eigenvalue weighted by atomic mass is 10.2. The highest BCUT2D eigenvalue weighted by Crippen LogP contribution is 2.29. The Labute approximate surface area is 129 Å². The van der Waals surface area contributed by atoms with E-state index >= 15 is 0 Å². The van der Waals surface area contributed by atoms with Crippen LogP contribution in [-0.4, -0.2) is 20.1 Å². The maximum Gasteiger partial charge on any atom is 0.221 e. The highest BCUT2D eigenvalue weighted by Gasteiger charge is 2.04. The van der Waals surface area contributed by atoms with Gasteiger partial charge in [-0.25, -0.2) is 0 Å². The molecule has 0 aliphatic rings. The van der Waals surface area contributed by atoms with E-state index in [1.807, 2.05) is 42.5 Å². The van der Waals surface area contributed by atoms with Gasteiger partial charge in [0.15, 0.2) is 0 Å². The normalized spacial score (nSPS) is 9.77.